The molecular weight excluding hydrogens is 667 g/mol. The average molecular weight is 708 g/mol. The van der Waals surface area contributed by atoms with Crippen LogP contribution in [0.5, 0.6) is 0 Å². The molecule has 0 fully saturated rings. The molecule has 0 saturated carbocycles. The molecule has 0 spiro atoms. The number of aromatic nitrogens is 2. The van der Waals surface area contributed by atoms with Crippen molar-refractivity contribution in [3.8, 4) is 44.5 Å². The van der Waals surface area contributed by atoms with Crippen LogP contribution in [-0.4, -0.2) is 16.9 Å². The molecule has 0 saturated heterocycles. The van der Waals surface area contributed by atoms with Crippen LogP contribution in [0, 0.1) is 41.5 Å². The highest BCUT2D eigenvalue weighted by molar-refractivity contribution is 6.42. The molecule has 0 bridgehead atoms. The molecule has 0 aliphatic heterocycles. The summed E-state index contributed by atoms with van der Waals surface area (Å²) in [6.07, 6.45) is 0. The van der Waals surface area contributed by atoms with Gasteiger partial charge in [0.25, 0.3) is 0 Å². The fraction of sp³-hybridized carbons (Fsp3) is 0.125. The minimum atomic E-state index is -2.85. The minimum Gasteiger partial charge on any atom is -0.310 e. The first-order valence-electron chi connectivity index (χ1n) is 18.3. The number of benzene rings is 6. The third kappa shape index (κ3) is 6.43. The molecule has 0 amide bonds. The zero-order chi connectivity index (χ0) is 37.7. The molecule has 0 N–H and O–H groups in total. The maximum absolute atomic E-state index is 15.4. The molecular formula is C48H40BF2N3. The third-order valence-corrected chi connectivity index (χ3v) is 10.4. The summed E-state index contributed by atoms with van der Waals surface area (Å²) < 4.78 is 31.8. The largest absolute Gasteiger partial charge is 0.679 e. The Morgan fingerprint density at radius 2 is 0.981 bits per heavy atom. The smallest absolute Gasteiger partial charge is 0.310 e. The Bertz CT molecular complexity index is 2760. The van der Waals surface area contributed by atoms with E-state index in [4.69, 9.17) is 9.98 Å². The zero-order valence-electron chi connectivity index (χ0n) is 31.4. The summed E-state index contributed by atoms with van der Waals surface area (Å²) >= 11 is 0. The molecule has 8 aromatic rings. The highest BCUT2D eigenvalue weighted by Gasteiger charge is 2.23. The van der Waals surface area contributed by atoms with E-state index in [1.807, 2.05) is 72.8 Å². The van der Waals surface area contributed by atoms with E-state index in [0.717, 1.165) is 70.8 Å². The van der Waals surface area contributed by atoms with E-state index in [1.165, 1.54) is 27.8 Å². The van der Waals surface area contributed by atoms with E-state index in [2.05, 4.69) is 90.1 Å². The second-order valence-electron chi connectivity index (χ2n) is 14.4. The molecule has 6 aromatic carbocycles. The average Bonchev–Trinajstić information content (AvgIpc) is 3.14. The summed E-state index contributed by atoms with van der Waals surface area (Å²) in [6.45, 7) is 12.7. The van der Waals surface area contributed by atoms with E-state index >= 15 is 8.63 Å². The molecule has 2 aromatic heterocycles. The fourth-order valence-corrected chi connectivity index (χ4v) is 8.33. The zero-order valence-corrected chi connectivity index (χ0v) is 31.4. The lowest BCUT2D eigenvalue weighted by atomic mass is 9.91. The number of hydrogen-bond acceptors (Lipinski definition) is 2. The maximum atomic E-state index is 15.4. The Kier molecular flexibility index (Phi) is 9.07. The van der Waals surface area contributed by atoms with E-state index in [9.17, 15) is 0 Å². The lowest BCUT2D eigenvalue weighted by Crippen LogP contribution is -2.30. The lowest BCUT2D eigenvalue weighted by molar-refractivity contribution is 0.627. The maximum Gasteiger partial charge on any atom is 0.679 e. The topological polar surface area (TPSA) is 30.2 Å². The van der Waals surface area contributed by atoms with Crippen molar-refractivity contribution >= 4 is 35.0 Å². The summed E-state index contributed by atoms with van der Waals surface area (Å²) in [5.74, 6) is 0.354. The predicted octanol–water partition coefficient (Wildman–Crippen LogP) is 12.7. The summed E-state index contributed by atoms with van der Waals surface area (Å²) in [4.78, 5) is 9.93. The van der Waals surface area contributed by atoms with Crippen LogP contribution >= 0.6 is 0 Å². The number of nitrogens with zero attached hydrogens (tertiary/aromatic N) is 3. The Balaban J connectivity index is 1.39. The monoisotopic (exact) mass is 707 g/mol. The molecule has 0 unspecified atom stereocenters. The van der Waals surface area contributed by atoms with E-state index in [1.54, 1.807) is 12.1 Å². The highest BCUT2D eigenvalue weighted by atomic mass is 19.2. The first kappa shape index (κ1) is 34.9. The van der Waals surface area contributed by atoms with Gasteiger partial charge in [0.05, 0.1) is 5.52 Å². The van der Waals surface area contributed by atoms with E-state index in [0.29, 0.717) is 11.3 Å². The van der Waals surface area contributed by atoms with Gasteiger partial charge in [-0.3, -0.25) is 8.63 Å². The number of rotatable bonds is 6. The molecule has 0 aliphatic rings. The van der Waals surface area contributed by atoms with Crippen LogP contribution in [0.25, 0.3) is 66.3 Å². The van der Waals surface area contributed by atoms with Crippen molar-refractivity contribution in [2.75, 3.05) is 0 Å². The van der Waals surface area contributed by atoms with Gasteiger partial charge in [0, 0.05) is 16.3 Å². The van der Waals surface area contributed by atoms with Crippen molar-refractivity contribution in [1.82, 2.24) is 9.46 Å². The Morgan fingerprint density at radius 3 is 1.50 bits per heavy atom. The normalized spacial score (nSPS) is 11.8. The van der Waals surface area contributed by atoms with Gasteiger partial charge < -0.3 is 4.48 Å². The summed E-state index contributed by atoms with van der Waals surface area (Å²) in [7, 11) is -2.85. The number of halogens is 2. The van der Waals surface area contributed by atoms with Crippen molar-refractivity contribution < 1.29 is 8.63 Å². The quantitative estimate of drug-likeness (QED) is 0.158. The van der Waals surface area contributed by atoms with Gasteiger partial charge in [-0.05, 0) is 145 Å². The van der Waals surface area contributed by atoms with Gasteiger partial charge in [0.2, 0.25) is 0 Å². The van der Waals surface area contributed by atoms with Crippen LogP contribution < -0.4 is 5.49 Å². The predicted molar refractivity (Wildman–Crippen MR) is 222 cm³/mol. The van der Waals surface area contributed by atoms with Gasteiger partial charge >= 0.3 is 7.40 Å². The van der Waals surface area contributed by atoms with Crippen molar-refractivity contribution in [3.63, 3.8) is 0 Å². The summed E-state index contributed by atoms with van der Waals surface area (Å²) in [6, 6.07) is 44.6. The number of pyridine rings is 2. The van der Waals surface area contributed by atoms with E-state index < -0.39 is 7.40 Å². The molecule has 54 heavy (non-hydrogen) atoms. The lowest BCUT2D eigenvalue weighted by Gasteiger charge is -2.17. The van der Waals surface area contributed by atoms with Gasteiger partial charge in [-0.25, -0.2) is 9.98 Å². The Morgan fingerprint density at radius 1 is 0.500 bits per heavy atom. The van der Waals surface area contributed by atoms with Crippen LogP contribution in [0.3, 0.4) is 0 Å². The molecule has 6 heteroatoms. The second kappa shape index (κ2) is 14.0. The molecule has 3 nitrogen and oxygen atoms in total. The Hall–Kier alpha value is -6.14. The van der Waals surface area contributed by atoms with Crippen molar-refractivity contribution in [3.05, 3.63) is 172 Å². The number of hydrogen-bond donors (Lipinski definition) is 0. The molecule has 264 valence electrons. The third-order valence-electron chi connectivity index (χ3n) is 10.4. The number of fused-ring (bicyclic) bond motifs is 2. The highest BCUT2D eigenvalue weighted by Crippen LogP contribution is 2.38. The Labute approximate surface area is 315 Å². The van der Waals surface area contributed by atoms with Gasteiger partial charge in [-0.2, -0.15) is 0 Å². The van der Waals surface area contributed by atoms with Crippen LogP contribution in [0.15, 0.2) is 138 Å². The molecule has 8 rings (SSSR count). The molecule has 2 heterocycles. The SMILES string of the molecule is Cc1cc(C)c(-c2ccc3nc(N=c4cc(-c5ccccc5)c5cc(-c6c(C)cc(C)cc6C)ccc5n4B(F)F)cc(-c4ccccc4)c3c2)c(C)c1. The summed E-state index contributed by atoms with van der Waals surface area (Å²) in [5, 5.41) is 1.69. The standard InChI is InChI=1S/C48H40BF2N3/c1-29-21-31(3)47(32(4)22-29)37-17-19-43-41(25-37)39(35-13-9-7-10-14-35)27-45(52-43)53-46-28-40(36-15-11-8-12-16-36)42-26-38(18-20-44(42)54(46)49(50)51)48-33(5)23-30(2)24-34(48)6/h7-28H,1-6H3. The van der Waals surface area contributed by atoms with Gasteiger partial charge in [0.15, 0.2) is 5.82 Å². The molecule has 0 atom stereocenters. The number of aryl methyl sites for hydroxylation is 6. The van der Waals surface area contributed by atoms with Gasteiger partial charge in [-0.1, -0.05) is 108 Å². The van der Waals surface area contributed by atoms with Crippen molar-refractivity contribution in [2.24, 2.45) is 4.99 Å². The van der Waals surface area contributed by atoms with Crippen LogP contribution in [0.1, 0.15) is 33.4 Å². The van der Waals surface area contributed by atoms with Crippen LogP contribution in [0.4, 0.5) is 14.4 Å². The van der Waals surface area contributed by atoms with Gasteiger partial charge in [0.1, 0.15) is 5.49 Å². The first-order chi connectivity index (χ1) is 26.0. The fourth-order valence-electron chi connectivity index (χ4n) is 8.33. The molecule has 0 aliphatic carbocycles. The van der Waals surface area contributed by atoms with Crippen molar-refractivity contribution in [2.45, 2.75) is 41.5 Å². The van der Waals surface area contributed by atoms with Crippen LogP contribution in [-0.2, 0) is 0 Å². The van der Waals surface area contributed by atoms with E-state index in [-0.39, 0.29) is 5.49 Å². The second-order valence-corrected chi connectivity index (χ2v) is 14.4. The van der Waals surface area contributed by atoms with Gasteiger partial charge in [-0.15, -0.1) is 0 Å². The first-order valence-corrected chi connectivity index (χ1v) is 18.3. The van der Waals surface area contributed by atoms with Crippen LogP contribution in [0.2, 0.25) is 0 Å². The van der Waals surface area contributed by atoms with Crippen molar-refractivity contribution in [1.29, 1.82) is 0 Å². The minimum absolute atomic E-state index is 0.125. The molecule has 0 radical (unpaired) electrons. The summed E-state index contributed by atoms with van der Waals surface area (Å²) in [5.41, 5.74) is 16.5.